The minimum atomic E-state index is -0.250. The van der Waals surface area contributed by atoms with E-state index < -0.39 is 0 Å². The number of aliphatic hydroxyl groups excluding tert-OH is 1. The number of rotatable bonds is 2. The van der Waals surface area contributed by atoms with Crippen LogP contribution < -0.4 is 4.90 Å². The van der Waals surface area contributed by atoms with Crippen LogP contribution in [0.1, 0.15) is 51.9 Å². The Kier molecular flexibility index (Phi) is 9.45. The van der Waals surface area contributed by atoms with E-state index in [1.165, 1.54) is 32.1 Å². The van der Waals surface area contributed by atoms with E-state index in [-0.39, 0.29) is 12.6 Å². The minimum Gasteiger partial charge on any atom is -0.483 e. The third kappa shape index (κ3) is 7.40. The third-order valence-electron chi connectivity index (χ3n) is 6.01. The van der Waals surface area contributed by atoms with Crippen molar-refractivity contribution < 1.29 is 15.0 Å². The molecule has 1 saturated heterocycles. The standard InChI is InChI=1S/C16H16ClN5O.C7H14.CH2O2/c17-11-7-13-16(19-9-11)21-15(20-13)10-1-2-14(18-8-10)22-5-3-12(23)4-6-22;1-7-5-3-2-4-6-7;2-1-3/h1-2,7-9,12,23H,3-6H2,(H,19,20,21);7H,2-6H2,1H3;1H,(H,2,3). The normalized spacial score (nSPS) is 17.0. The molecule has 1 saturated carbocycles. The first-order chi connectivity index (χ1) is 16.0. The molecule has 0 radical (unpaired) electrons. The number of fused-ring (bicyclic) bond motifs is 1. The van der Waals surface area contributed by atoms with E-state index in [0.29, 0.717) is 10.7 Å². The van der Waals surface area contributed by atoms with E-state index in [4.69, 9.17) is 21.5 Å². The van der Waals surface area contributed by atoms with E-state index in [2.05, 4.69) is 31.8 Å². The first kappa shape index (κ1) is 24.9. The maximum absolute atomic E-state index is 9.58. The molecule has 1 aliphatic heterocycles. The van der Waals surface area contributed by atoms with Gasteiger partial charge in [0.25, 0.3) is 6.47 Å². The topological polar surface area (TPSA) is 115 Å². The summed E-state index contributed by atoms with van der Waals surface area (Å²) in [5.74, 6) is 2.69. The van der Waals surface area contributed by atoms with E-state index in [9.17, 15) is 5.11 Å². The number of nitrogens with zero attached hydrogens (tertiary/aromatic N) is 4. The quantitative estimate of drug-likeness (QED) is 0.452. The summed E-state index contributed by atoms with van der Waals surface area (Å²) in [4.78, 5) is 27.0. The summed E-state index contributed by atoms with van der Waals surface area (Å²) in [5.41, 5.74) is 2.35. The number of imidazole rings is 1. The molecule has 8 nitrogen and oxygen atoms in total. The second-order valence-electron chi connectivity index (χ2n) is 8.58. The zero-order chi connectivity index (χ0) is 23.6. The van der Waals surface area contributed by atoms with Crippen molar-refractivity contribution >= 4 is 35.1 Å². The summed E-state index contributed by atoms with van der Waals surface area (Å²) in [6.45, 7) is 3.78. The van der Waals surface area contributed by atoms with Crippen LogP contribution in [0.4, 0.5) is 5.82 Å². The number of pyridine rings is 2. The van der Waals surface area contributed by atoms with Crippen LogP contribution in [0.15, 0.2) is 30.6 Å². The molecule has 2 fully saturated rings. The molecule has 33 heavy (non-hydrogen) atoms. The molecule has 0 atom stereocenters. The first-order valence-electron chi connectivity index (χ1n) is 11.5. The Morgan fingerprint density at radius 3 is 2.36 bits per heavy atom. The monoisotopic (exact) mass is 473 g/mol. The molecule has 0 spiro atoms. The summed E-state index contributed by atoms with van der Waals surface area (Å²) in [6, 6.07) is 5.79. The second kappa shape index (κ2) is 12.5. The fraction of sp³-hybridized carbons (Fsp3) is 0.500. The Hall–Kier alpha value is -2.71. The number of halogens is 1. The number of aromatic nitrogens is 4. The van der Waals surface area contributed by atoms with E-state index in [1.54, 1.807) is 18.5 Å². The van der Waals surface area contributed by atoms with Crippen molar-refractivity contribution in [3.8, 4) is 11.4 Å². The molecule has 3 N–H and O–H groups in total. The van der Waals surface area contributed by atoms with Crippen molar-refractivity contribution in [3.05, 3.63) is 35.6 Å². The van der Waals surface area contributed by atoms with Gasteiger partial charge in [0, 0.05) is 31.0 Å². The zero-order valence-electron chi connectivity index (χ0n) is 19.0. The van der Waals surface area contributed by atoms with E-state index >= 15 is 0 Å². The van der Waals surface area contributed by atoms with Gasteiger partial charge in [0.2, 0.25) is 0 Å². The van der Waals surface area contributed by atoms with E-state index in [0.717, 1.165) is 54.6 Å². The van der Waals surface area contributed by atoms with Gasteiger partial charge in [-0.2, -0.15) is 0 Å². The lowest BCUT2D eigenvalue weighted by molar-refractivity contribution is -0.122. The highest BCUT2D eigenvalue weighted by atomic mass is 35.5. The number of hydrogen-bond donors (Lipinski definition) is 3. The molecule has 3 aromatic rings. The molecule has 0 bridgehead atoms. The molecule has 4 heterocycles. The Labute approximate surface area is 199 Å². The fourth-order valence-corrected chi connectivity index (χ4v) is 4.28. The highest BCUT2D eigenvalue weighted by molar-refractivity contribution is 6.31. The van der Waals surface area contributed by atoms with Gasteiger partial charge in [-0.05, 0) is 37.0 Å². The summed E-state index contributed by atoms with van der Waals surface area (Å²) in [7, 11) is 0. The average molecular weight is 474 g/mol. The number of H-pyrrole nitrogens is 1. The number of piperidine rings is 1. The van der Waals surface area contributed by atoms with Crippen LogP contribution in [0.3, 0.4) is 0 Å². The number of nitrogens with one attached hydrogen (secondary N) is 1. The largest absolute Gasteiger partial charge is 0.483 e. The van der Waals surface area contributed by atoms with Crippen molar-refractivity contribution in [1.29, 1.82) is 0 Å². The summed E-state index contributed by atoms with van der Waals surface area (Å²) < 4.78 is 0. The number of aliphatic hydroxyl groups is 1. The van der Waals surface area contributed by atoms with Gasteiger partial charge in [0.05, 0.1) is 16.6 Å². The zero-order valence-corrected chi connectivity index (χ0v) is 19.7. The maximum atomic E-state index is 9.58. The number of hydrogen-bond acceptors (Lipinski definition) is 6. The lowest BCUT2D eigenvalue weighted by Gasteiger charge is -2.30. The van der Waals surface area contributed by atoms with Crippen LogP contribution >= 0.6 is 11.6 Å². The lowest BCUT2D eigenvalue weighted by Crippen LogP contribution is -2.36. The highest BCUT2D eigenvalue weighted by Crippen LogP contribution is 2.24. The fourth-order valence-electron chi connectivity index (χ4n) is 4.13. The van der Waals surface area contributed by atoms with Crippen LogP contribution in [0.2, 0.25) is 5.02 Å². The van der Waals surface area contributed by atoms with Crippen molar-refractivity contribution in [1.82, 2.24) is 19.9 Å². The highest BCUT2D eigenvalue weighted by Gasteiger charge is 2.18. The molecule has 2 aliphatic rings. The van der Waals surface area contributed by atoms with Crippen LogP contribution in [0, 0.1) is 5.92 Å². The third-order valence-corrected chi connectivity index (χ3v) is 6.21. The van der Waals surface area contributed by atoms with Crippen LogP contribution in [-0.4, -0.2) is 55.8 Å². The molecular weight excluding hydrogens is 442 g/mol. The summed E-state index contributed by atoms with van der Waals surface area (Å²) >= 11 is 5.95. The molecule has 0 unspecified atom stereocenters. The number of aromatic amines is 1. The predicted molar refractivity (Wildman–Crippen MR) is 131 cm³/mol. The minimum absolute atomic E-state index is 0.180. The molecule has 5 rings (SSSR count). The Balaban J connectivity index is 0.000000257. The van der Waals surface area contributed by atoms with Crippen molar-refractivity contribution in [3.63, 3.8) is 0 Å². The van der Waals surface area contributed by atoms with Crippen LogP contribution in [-0.2, 0) is 4.79 Å². The molecule has 178 valence electrons. The second-order valence-corrected chi connectivity index (χ2v) is 9.02. The Morgan fingerprint density at radius 1 is 1.09 bits per heavy atom. The van der Waals surface area contributed by atoms with Gasteiger partial charge in [-0.1, -0.05) is 50.6 Å². The number of carbonyl (C=O) groups is 1. The van der Waals surface area contributed by atoms with E-state index in [1.807, 2.05) is 12.1 Å². The Bertz CT molecular complexity index is 997. The number of carboxylic acid groups (broad SMARTS) is 1. The van der Waals surface area contributed by atoms with Gasteiger partial charge < -0.3 is 20.1 Å². The van der Waals surface area contributed by atoms with Gasteiger partial charge in [0.1, 0.15) is 11.6 Å². The SMILES string of the molecule is CC1CCCCC1.O=CO.OC1CCN(c2ccc(-c3nc4ncc(Cl)cc4[nH]3)cn2)CC1. The van der Waals surface area contributed by atoms with Gasteiger partial charge >= 0.3 is 0 Å². The molecule has 0 aromatic carbocycles. The molecule has 3 aromatic heterocycles. The molecule has 9 heteroatoms. The first-order valence-corrected chi connectivity index (χ1v) is 11.9. The average Bonchev–Trinajstić information content (AvgIpc) is 3.24. The smallest absolute Gasteiger partial charge is 0.290 e. The van der Waals surface area contributed by atoms with Crippen molar-refractivity contribution in [2.75, 3.05) is 18.0 Å². The Morgan fingerprint density at radius 2 is 1.79 bits per heavy atom. The van der Waals surface area contributed by atoms with Gasteiger partial charge in [-0.25, -0.2) is 15.0 Å². The summed E-state index contributed by atoms with van der Waals surface area (Å²) in [5, 5.41) is 17.0. The van der Waals surface area contributed by atoms with Gasteiger partial charge in [-0.15, -0.1) is 0 Å². The maximum Gasteiger partial charge on any atom is 0.290 e. The van der Waals surface area contributed by atoms with Gasteiger partial charge in [-0.3, -0.25) is 4.79 Å². The van der Waals surface area contributed by atoms with Crippen molar-refractivity contribution in [2.45, 2.75) is 58.0 Å². The molecular formula is C24H32ClN5O3. The lowest BCUT2D eigenvalue weighted by atomic mass is 9.91. The van der Waals surface area contributed by atoms with Crippen molar-refractivity contribution in [2.24, 2.45) is 5.92 Å². The van der Waals surface area contributed by atoms with Crippen LogP contribution in [0.5, 0.6) is 0 Å². The van der Waals surface area contributed by atoms with Crippen LogP contribution in [0.25, 0.3) is 22.6 Å². The van der Waals surface area contributed by atoms with Gasteiger partial charge in [0.15, 0.2) is 5.65 Å². The molecule has 0 amide bonds. The number of anilines is 1. The predicted octanol–water partition coefficient (Wildman–Crippen LogP) is 4.92. The summed E-state index contributed by atoms with van der Waals surface area (Å²) in [6.07, 6.45) is 12.2. The molecule has 1 aliphatic carbocycles.